The van der Waals surface area contributed by atoms with Gasteiger partial charge in [0.2, 0.25) is 0 Å². The van der Waals surface area contributed by atoms with Crippen LogP contribution in [0.4, 0.5) is 11.4 Å². The van der Waals surface area contributed by atoms with Crippen molar-refractivity contribution in [2.24, 2.45) is 0 Å². The highest BCUT2D eigenvalue weighted by Crippen LogP contribution is 2.32. The Labute approximate surface area is 134 Å². The van der Waals surface area contributed by atoms with Gasteiger partial charge in [0.1, 0.15) is 0 Å². The van der Waals surface area contributed by atoms with Crippen molar-refractivity contribution in [3.63, 3.8) is 0 Å². The lowest BCUT2D eigenvalue weighted by Crippen LogP contribution is -2.32. The number of nitro benzene ring substituents is 1. The van der Waals surface area contributed by atoms with E-state index >= 15 is 0 Å². The van der Waals surface area contributed by atoms with Gasteiger partial charge in [0.05, 0.1) is 17.2 Å². The number of hydrogen-bond donors (Lipinski definition) is 0. The fraction of sp³-hybridized carbons (Fsp3) is 0.125. The molecule has 0 N–H and O–H groups in total. The van der Waals surface area contributed by atoms with E-state index in [-0.39, 0.29) is 11.4 Å². The second-order valence-electron chi connectivity index (χ2n) is 4.84. The molecule has 0 aliphatic rings. The van der Waals surface area contributed by atoms with E-state index in [1.165, 1.54) is 31.2 Å². The average molecular weight is 332 g/mol. The summed E-state index contributed by atoms with van der Waals surface area (Å²) in [5.74, 6) is 0. The first-order chi connectivity index (χ1) is 10.9. The third kappa shape index (κ3) is 3.24. The fourth-order valence-electron chi connectivity index (χ4n) is 2.28. The molecule has 0 unspecified atom stereocenters. The van der Waals surface area contributed by atoms with Crippen LogP contribution < -0.4 is 4.31 Å². The molecule has 0 fully saturated rings. The maximum absolute atomic E-state index is 13.0. The number of hydrogen-bond acceptors (Lipinski definition) is 4. The third-order valence-electron chi connectivity index (χ3n) is 3.28. The molecule has 0 aromatic heterocycles. The van der Waals surface area contributed by atoms with Gasteiger partial charge in [0, 0.05) is 6.07 Å². The lowest BCUT2D eigenvalue weighted by Gasteiger charge is -2.23. The zero-order valence-corrected chi connectivity index (χ0v) is 13.4. The molecule has 0 saturated carbocycles. The van der Waals surface area contributed by atoms with Gasteiger partial charge in [0.25, 0.3) is 15.7 Å². The third-order valence-corrected chi connectivity index (χ3v) is 5.26. The van der Waals surface area contributed by atoms with E-state index in [4.69, 9.17) is 0 Å². The number of sulfonamides is 1. The average Bonchev–Trinajstić information content (AvgIpc) is 2.52. The molecular weight excluding hydrogens is 316 g/mol. The number of benzene rings is 2. The Morgan fingerprint density at radius 3 is 2.39 bits per heavy atom. The second kappa shape index (κ2) is 6.62. The summed E-state index contributed by atoms with van der Waals surface area (Å²) in [6.07, 6.45) is 1.44. The Bertz CT molecular complexity index is 832. The molecular formula is C16H16N2O4S. The molecule has 0 aliphatic carbocycles. The lowest BCUT2D eigenvalue weighted by atomic mass is 10.2. The van der Waals surface area contributed by atoms with Gasteiger partial charge in [-0.2, -0.15) is 0 Å². The molecule has 0 heterocycles. The number of nitrogens with zero attached hydrogens (tertiary/aromatic N) is 2. The summed E-state index contributed by atoms with van der Waals surface area (Å²) in [7, 11) is -4.10. The minimum Gasteiger partial charge on any atom is -0.262 e. The Kier molecular flexibility index (Phi) is 4.80. The Hall–Kier alpha value is -2.67. The molecule has 0 aliphatic heterocycles. The zero-order chi connectivity index (χ0) is 17.0. The van der Waals surface area contributed by atoms with Crippen LogP contribution in [0.3, 0.4) is 0 Å². The molecule has 0 atom stereocenters. The monoisotopic (exact) mass is 332 g/mol. The van der Waals surface area contributed by atoms with E-state index in [2.05, 4.69) is 6.58 Å². The quantitative estimate of drug-likeness (QED) is 0.462. The summed E-state index contributed by atoms with van der Waals surface area (Å²) in [6.45, 7) is 5.12. The standard InChI is InChI=1S/C16H16N2O4S/c1-3-12-17(14-9-5-4-6-10-14)23(21,22)16-13(2)8-7-11-15(16)18(19)20/h3-11H,1,12H2,2H3. The molecule has 2 aromatic carbocycles. The van der Waals surface area contributed by atoms with Crippen LogP contribution in [0.15, 0.2) is 66.1 Å². The van der Waals surface area contributed by atoms with Crippen molar-refractivity contribution in [1.82, 2.24) is 0 Å². The zero-order valence-electron chi connectivity index (χ0n) is 12.5. The van der Waals surface area contributed by atoms with Crippen molar-refractivity contribution in [3.8, 4) is 0 Å². The van der Waals surface area contributed by atoms with Gasteiger partial charge >= 0.3 is 0 Å². The van der Waals surface area contributed by atoms with Gasteiger partial charge in [-0.15, -0.1) is 6.58 Å². The normalized spacial score (nSPS) is 11.0. The highest BCUT2D eigenvalue weighted by atomic mass is 32.2. The maximum atomic E-state index is 13.0. The fourth-order valence-corrected chi connectivity index (χ4v) is 4.08. The van der Waals surface area contributed by atoms with Crippen molar-refractivity contribution in [3.05, 3.63) is 76.9 Å². The van der Waals surface area contributed by atoms with Crippen molar-refractivity contribution < 1.29 is 13.3 Å². The van der Waals surface area contributed by atoms with Gasteiger partial charge in [-0.3, -0.25) is 14.4 Å². The van der Waals surface area contributed by atoms with Gasteiger partial charge in [0.15, 0.2) is 4.90 Å². The largest absolute Gasteiger partial charge is 0.290 e. The molecule has 120 valence electrons. The van der Waals surface area contributed by atoms with E-state index in [1.54, 1.807) is 30.3 Å². The predicted molar refractivity (Wildman–Crippen MR) is 89.0 cm³/mol. The number of para-hydroxylation sites is 1. The van der Waals surface area contributed by atoms with Crippen LogP contribution in [0.25, 0.3) is 0 Å². The molecule has 0 spiro atoms. The first-order valence-electron chi connectivity index (χ1n) is 6.82. The topological polar surface area (TPSA) is 80.5 Å². The molecule has 7 heteroatoms. The lowest BCUT2D eigenvalue weighted by molar-refractivity contribution is -0.387. The number of rotatable bonds is 6. The van der Waals surface area contributed by atoms with Crippen LogP contribution >= 0.6 is 0 Å². The summed E-state index contributed by atoms with van der Waals surface area (Å²) >= 11 is 0. The molecule has 0 amide bonds. The molecule has 0 radical (unpaired) electrons. The molecule has 23 heavy (non-hydrogen) atoms. The highest BCUT2D eigenvalue weighted by Gasteiger charge is 2.33. The van der Waals surface area contributed by atoms with E-state index < -0.39 is 20.6 Å². The van der Waals surface area contributed by atoms with E-state index in [9.17, 15) is 18.5 Å². The smallest absolute Gasteiger partial charge is 0.262 e. The second-order valence-corrected chi connectivity index (χ2v) is 6.64. The number of nitro groups is 1. The van der Waals surface area contributed by atoms with Gasteiger partial charge in [-0.25, -0.2) is 8.42 Å². The van der Waals surface area contributed by atoms with Crippen LogP contribution in [0.5, 0.6) is 0 Å². The summed E-state index contributed by atoms with van der Waals surface area (Å²) in [6, 6.07) is 12.6. The van der Waals surface area contributed by atoms with Crippen molar-refractivity contribution in [1.29, 1.82) is 0 Å². The SMILES string of the molecule is C=CCN(c1ccccc1)S(=O)(=O)c1c(C)cccc1[N+](=O)[O-]. The first kappa shape index (κ1) is 16.7. The minimum absolute atomic E-state index is 0.0117. The summed E-state index contributed by atoms with van der Waals surface area (Å²) in [5.41, 5.74) is 0.309. The van der Waals surface area contributed by atoms with Crippen molar-refractivity contribution >= 4 is 21.4 Å². The number of aryl methyl sites for hydroxylation is 1. The van der Waals surface area contributed by atoms with Crippen LogP contribution in [-0.2, 0) is 10.0 Å². The Morgan fingerprint density at radius 1 is 1.17 bits per heavy atom. The summed E-state index contributed by atoms with van der Waals surface area (Å²) in [5, 5.41) is 11.2. The Morgan fingerprint density at radius 2 is 1.83 bits per heavy atom. The van der Waals surface area contributed by atoms with Crippen LogP contribution in [0.1, 0.15) is 5.56 Å². The number of anilines is 1. The minimum atomic E-state index is -4.10. The van der Waals surface area contributed by atoms with Crippen molar-refractivity contribution in [2.75, 3.05) is 10.8 Å². The van der Waals surface area contributed by atoms with Gasteiger partial charge in [-0.05, 0) is 24.6 Å². The molecule has 6 nitrogen and oxygen atoms in total. The van der Waals surface area contributed by atoms with E-state index in [0.717, 1.165) is 4.31 Å². The van der Waals surface area contributed by atoms with Crippen LogP contribution in [-0.4, -0.2) is 19.9 Å². The molecule has 2 rings (SSSR count). The van der Waals surface area contributed by atoms with Crippen molar-refractivity contribution in [2.45, 2.75) is 11.8 Å². The van der Waals surface area contributed by atoms with Crippen LogP contribution in [0.2, 0.25) is 0 Å². The van der Waals surface area contributed by atoms with Crippen LogP contribution in [0, 0.1) is 17.0 Å². The summed E-state index contributed by atoms with van der Waals surface area (Å²) < 4.78 is 27.2. The van der Waals surface area contributed by atoms with Gasteiger partial charge < -0.3 is 0 Å². The molecule has 0 bridgehead atoms. The Balaban J connectivity index is 2.69. The maximum Gasteiger partial charge on any atom is 0.290 e. The molecule has 0 saturated heterocycles. The van der Waals surface area contributed by atoms with E-state index in [1.807, 2.05) is 0 Å². The first-order valence-corrected chi connectivity index (χ1v) is 8.26. The summed E-state index contributed by atoms with van der Waals surface area (Å²) in [4.78, 5) is 10.3. The molecule has 2 aromatic rings. The highest BCUT2D eigenvalue weighted by molar-refractivity contribution is 7.93. The van der Waals surface area contributed by atoms with Gasteiger partial charge in [-0.1, -0.05) is 36.4 Å². The predicted octanol–water partition coefficient (Wildman–Crippen LogP) is 3.28. The van der Waals surface area contributed by atoms with E-state index in [0.29, 0.717) is 11.3 Å².